The van der Waals surface area contributed by atoms with Crippen LogP contribution in [0.15, 0.2) is 58.1 Å². The first kappa shape index (κ1) is 19.1. The van der Waals surface area contributed by atoms with E-state index in [0.29, 0.717) is 17.1 Å². The highest BCUT2D eigenvalue weighted by Gasteiger charge is 2.23. The van der Waals surface area contributed by atoms with Crippen LogP contribution in [0.1, 0.15) is 13.0 Å². The highest BCUT2D eigenvalue weighted by Crippen LogP contribution is 2.27. The lowest BCUT2D eigenvalue weighted by molar-refractivity contribution is 0.239. The summed E-state index contributed by atoms with van der Waals surface area (Å²) in [7, 11) is 0. The smallest absolute Gasteiger partial charge is 0.278 e. The Hall–Kier alpha value is -3.92. The molecule has 0 fully saturated rings. The third-order valence-electron chi connectivity index (χ3n) is 5.09. The zero-order valence-electron chi connectivity index (χ0n) is 16.2. The van der Waals surface area contributed by atoms with E-state index in [2.05, 4.69) is 15.1 Å². The van der Waals surface area contributed by atoms with Gasteiger partial charge in [-0.25, -0.2) is 13.8 Å². The van der Waals surface area contributed by atoms with Gasteiger partial charge in [-0.05, 0) is 31.2 Å². The van der Waals surface area contributed by atoms with Crippen molar-refractivity contribution < 1.29 is 18.4 Å². The maximum atomic E-state index is 14.1. The Balaban J connectivity index is 1.75. The van der Waals surface area contributed by atoms with Crippen LogP contribution in [-0.2, 0) is 0 Å². The minimum Gasteiger partial charge on any atom is -0.394 e. The SMILES string of the molecule is CC(CO)n1c(=O)c2c(-c3noc(-c4ccc(F)cc4F)n3)ncn2c2ccccc21. The lowest BCUT2D eigenvalue weighted by Crippen LogP contribution is -2.27. The zero-order valence-corrected chi connectivity index (χ0v) is 16.2. The predicted molar refractivity (Wildman–Crippen MR) is 107 cm³/mol. The second-order valence-corrected chi connectivity index (χ2v) is 7.05. The van der Waals surface area contributed by atoms with E-state index in [4.69, 9.17) is 4.52 Å². The molecule has 10 heteroatoms. The van der Waals surface area contributed by atoms with Crippen molar-refractivity contribution in [1.29, 1.82) is 0 Å². The number of hydrogen-bond donors (Lipinski definition) is 1. The number of hydrogen-bond acceptors (Lipinski definition) is 6. The Bertz CT molecular complexity index is 1500. The topological polar surface area (TPSA) is 98.5 Å². The number of para-hydroxylation sites is 2. The Morgan fingerprint density at radius 2 is 1.94 bits per heavy atom. The summed E-state index contributed by atoms with van der Waals surface area (Å²) in [5, 5.41) is 13.5. The number of fused-ring (bicyclic) bond motifs is 3. The first-order valence-corrected chi connectivity index (χ1v) is 9.40. The molecule has 5 rings (SSSR count). The lowest BCUT2D eigenvalue weighted by atomic mass is 10.2. The minimum absolute atomic E-state index is 0.0168. The summed E-state index contributed by atoms with van der Waals surface area (Å²) in [5.74, 6) is -1.77. The van der Waals surface area contributed by atoms with Gasteiger partial charge in [-0.3, -0.25) is 13.8 Å². The third kappa shape index (κ3) is 2.91. The molecule has 1 N–H and O–H groups in total. The fraction of sp³-hybridized carbons (Fsp3) is 0.143. The lowest BCUT2D eigenvalue weighted by Gasteiger charge is -2.17. The largest absolute Gasteiger partial charge is 0.394 e. The van der Waals surface area contributed by atoms with Crippen LogP contribution in [0.4, 0.5) is 8.78 Å². The maximum absolute atomic E-state index is 14.1. The van der Waals surface area contributed by atoms with E-state index in [9.17, 15) is 18.7 Å². The predicted octanol–water partition coefficient (Wildman–Crippen LogP) is 3.20. The molecule has 0 saturated carbocycles. The van der Waals surface area contributed by atoms with Crippen molar-refractivity contribution >= 4 is 16.6 Å². The zero-order chi connectivity index (χ0) is 21.7. The average molecular weight is 423 g/mol. The summed E-state index contributed by atoms with van der Waals surface area (Å²) in [6.45, 7) is 1.49. The van der Waals surface area contributed by atoms with E-state index in [1.54, 1.807) is 23.5 Å². The molecule has 3 aromatic heterocycles. The van der Waals surface area contributed by atoms with E-state index in [1.165, 1.54) is 17.0 Å². The van der Waals surface area contributed by atoms with E-state index in [1.807, 2.05) is 12.1 Å². The quantitative estimate of drug-likeness (QED) is 0.477. The Morgan fingerprint density at radius 1 is 1.16 bits per heavy atom. The molecule has 0 aliphatic rings. The van der Waals surface area contributed by atoms with Crippen molar-refractivity contribution in [3.63, 3.8) is 0 Å². The van der Waals surface area contributed by atoms with Gasteiger partial charge < -0.3 is 9.63 Å². The third-order valence-corrected chi connectivity index (χ3v) is 5.09. The van der Waals surface area contributed by atoms with Gasteiger partial charge in [0.15, 0.2) is 0 Å². The van der Waals surface area contributed by atoms with Crippen molar-refractivity contribution in [2.24, 2.45) is 0 Å². The van der Waals surface area contributed by atoms with Gasteiger partial charge >= 0.3 is 0 Å². The van der Waals surface area contributed by atoms with Crippen LogP contribution in [0, 0.1) is 11.6 Å². The number of benzene rings is 2. The number of aliphatic hydroxyl groups is 1. The molecule has 0 aliphatic heterocycles. The van der Waals surface area contributed by atoms with Crippen LogP contribution in [0.3, 0.4) is 0 Å². The van der Waals surface area contributed by atoms with Crippen LogP contribution < -0.4 is 5.56 Å². The van der Waals surface area contributed by atoms with Crippen LogP contribution in [0.5, 0.6) is 0 Å². The average Bonchev–Trinajstić information content (AvgIpc) is 3.41. The number of nitrogens with zero attached hydrogens (tertiary/aromatic N) is 5. The summed E-state index contributed by atoms with van der Waals surface area (Å²) in [4.78, 5) is 21.8. The Kier molecular flexibility index (Phi) is 4.36. The van der Waals surface area contributed by atoms with Gasteiger partial charge in [0.05, 0.1) is 29.2 Å². The molecule has 156 valence electrons. The van der Waals surface area contributed by atoms with Crippen LogP contribution in [0.2, 0.25) is 0 Å². The molecule has 0 saturated heterocycles. The number of imidazole rings is 1. The number of aromatic nitrogens is 5. The summed E-state index contributed by atoms with van der Waals surface area (Å²) in [5.41, 5.74) is 1.20. The second-order valence-electron chi connectivity index (χ2n) is 7.05. The highest BCUT2D eigenvalue weighted by molar-refractivity contribution is 5.83. The fourth-order valence-electron chi connectivity index (χ4n) is 3.61. The molecule has 0 aliphatic carbocycles. The van der Waals surface area contributed by atoms with Gasteiger partial charge in [0.25, 0.3) is 11.4 Å². The normalized spacial score (nSPS) is 12.6. The molecule has 3 heterocycles. The van der Waals surface area contributed by atoms with Crippen LogP contribution in [0.25, 0.3) is 39.5 Å². The van der Waals surface area contributed by atoms with Crippen LogP contribution >= 0.6 is 0 Å². The molecule has 31 heavy (non-hydrogen) atoms. The first-order chi connectivity index (χ1) is 15.0. The fourth-order valence-corrected chi connectivity index (χ4v) is 3.61. The van der Waals surface area contributed by atoms with Gasteiger partial charge in [0.1, 0.15) is 29.2 Å². The van der Waals surface area contributed by atoms with Crippen molar-refractivity contribution in [3.8, 4) is 23.0 Å². The standard InChI is InChI=1S/C21H15F2N5O3/c1-11(9-29)28-16-5-3-2-4-15(16)27-10-24-17(18(27)21(28)30)19-25-20(31-26-19)13-7-6-12(22)8-14(13)23/h2-8,10-11,29H,9H2,1H3. The molecule has 0 spiro atoms. The molecule has 5 aromatic rings. The molecular formula is C21H15F2N5O3. The Morgan fingerprint density at radius 3 is 2.68 bits per heavy atom. The molecule has 1 unspecified atom stereocenters. The maximum Gasteiger partial charge on any atom is 0.278 e. The van der Waals surface area contributed by atoms with E-state index in [-0.39, 0.29) is 35.1 Å². The summed E-state index contributed by atoms with van der Waals surface area (Å²) in [6.07, 6.45) is 1.47. The van der Waals surface area contributed by atoms with Gasteiger partial charge in [0.2, 0.25) is 5.82 Å². The molecule has 2 aromatic carbocycles. The van der Waals surface area contributed by atoms with Crippen LogP contribution in [-0.4, -0.2) is 35.8 Å². The summed E-state index contributed by atoms with van der Waals surface area (Å²) < 4.78 is 35.5. The molecule has 0 amide bonds. The first-order valence-electron chi connectivity index (χ1n) is 9.40. The molecule has 8 nitrogen and oxygen atoms in total. The second kappa shape index (κ2) is 7.10. The molecule has 1 atom stereocenters. The van der Waals surface area contributed by atoms with Crippen molar-refractivity contribution in [2.75, 3.05) is 6.61 Å². The summed E-state index contributed by atoms with van der Waals surface area (Å²) in [6, 6.07) is 9.73. The highest BCUT2D eigenvalue weighted by atomic mass is 19.1. The number of aliphatic hydroxyl groups excluding tert-OH is 1. The number of halogens is 2. The van der Waals surface area contributed by atoms with E-state index in [0.717, 1.165) is 6.07 Å². The Labute approximate surface area is 173 Å². The minimum atomic E-state index is -0.852. The molecular weight excluding hydrogens is 408 g/mol. The van der Waals surface area contributed by atoms with Crippen molar-refractivity contribution in [1.82, 2.24) is 24.1 Å². The number of rotatable bonds is 4. The van der Waals surface area contributed by atoms with Crippen molar-refractivity contribution in [2.45, 2.75) is 13.0 Å². The van der Waals surface area contributed by atoms with E-state index >= 15 is 0 Å². The van der Waals surface area contributed by atoms with Crippen molar-refractivity contribution in [3.05, 3.63) is 70.8 Å². The van der Waals surface area contributed by atoms with E-state index < -0.39 is 23.2 Å². The molecule has 0 bridgehead atoms. The molecule has 0 radical (unpaired) electrons. The van der Waals surface area contributed by atoms with Gasteiger partial charge in [-0.2, -0.15) is 4.98 Å². The summed E-state index contributed by atoms with van der Waals surface area (Å²) >= 11 is 0. The van der Waals surface area contributed by atoms with Gasteiger partial charge in [-0.1, -0.05) is 17.3 Å². The van der Waals surface area contributed by atoms with Gasteiger partial charge in [0, 0.05) is 6.07 Å². The van der Waals surface area contributed by atoms with Gasteiger partial charge in [-0.15, -0.1) is 0 Å². The monoisotopic (exact) mass is 423 g/mol.